The molecule has 2 aliphatic heterocycles. The highest BCUT2D eigenvalue weighted by atomic mass is 19.1. The van der Waals surface area contributed by atoms with Crippen LogP contribution in [0.1, 0.15) is 37.1 Å². The summed E-state index contributed by atoms with van der Waals surface area (Å²) in [5.41, 5.74) is 2.53. The Hall–Kier alpha value is -3.04. The number of rotatable bonds is 8. The van der Waals surface area contributed by atoms with E-state index in [1.165, 1.54) is 17.1 Å². The number of carbonyl (C=O) groups is 2. The van der Waals surface area contributed by atoms with Crippen molar-refractivity contribution in [3.8, 4) is 0 Å². The van der Waals surface area contributed by atoms with E-state index in [0.29, 0.717) is 39.1 Å². The van der Waals surface area contributed by atoms with Gasteiger partial charge in [-0.1, -0.05) is 19.1 Å². The predicted molar refractivity (Wildman–Crippen MR) is 127 cm³/mol. The smallest absolute Gasteiger partial charge is 0.262 e. The molecule has 8 nitrogen and oxygen atoms in total. The van der Waals surface area contributed by atoms with Crippen LogP contribution < -0.4 is 0 Å². The van der Waals surface area contributed by atoms with Crippen LogP contribution in [0.5, 0.6) is 0 Å². The molecule has 0 aliphatic carbocycles. The third-order valence-corrected chi connectivity index (χ3v) is 6.43. The minimum atomic E-state index is -0.351. The Morgan fingerprint density at radius 2 is 1.91 bits per heavy atom. The second-order valence-corrected chi connectivity index (χ2v) is 8.68. The predicted octanol–water partition coefficient (Wildman–Crippen LogP) is 2.41. The van der Waals surface area contributed by atoms with Crippen LogP contribution in [-0.4, -0.2) is 82.8 Å². The Bertz CT molecular complexity index is 1030. The van der Waals surface area contributed by atoms with E-state index in [9.17, 15) is 14.0 Å². The summed E-state index contributed by atoms with van der Waals surface area (Å²) < 4.78 is 20.9. The third-order valence-electron chi connectivity index (χ3n) is 6.43. The van der Waals surface area contributed by atoms with Gasteiger partial charge in [0.2, 0.25) is 5.91 Å². The van der Waals surface area contributed by atoms with E-state index in [-0.39, 0.29) is 30.2 Å². The first-order valence-corrected chi connectivity index (χ1v) is 11.8. The fraction of sp³-hybridized carbons (Fsp3) is 0.480. The third kappa shape index (κ3) is 5.53. The number of halogens is 1. The Morgan fingerprint density at radius 1 is 1.18 bits per heavy atom. The fourth-order valence-corrected chi connectivity index (χ4v) is 4.44. The topological polar surface area (TPSA) is 70.4 Å². The number of ether oxygens (including phenoxy) is 1. The quantitative estimate of drug-likeness (QED) is 0.596. The number of hydrazone groups is 1. The molecule has 2 amide bonds. The Labute approximate surface area is 199 Å². The highest BCUT2D eigenvalue weighted by Crippen LogP contribution is 2.33. The molecule has 3 heterocycles. The number of benzene rings is 1. The lowest BCUT2D eigenvalue weighted by Gasteiger charge is -2.31. The van der Waals surface area contributed by atoms with Gasteiger partial charge < -0.3 is 14.2 Å². The van der Waals surface area contributed by atoms with Gasteiger partial charge in [-0.2, -0.15) is 5.10 Å². The molecule has 1 aromatic carbocycles. The standard InChI is InChI=1S/C25H32FN5O3/c1-3-24(32)30(12-11-29-13-15-34-16-14-29)18-25(33)31-23(19-6-8-20(26)9-7-19)17-21(27-31)22-5-4-10-28(22)2/h4-10,23H,3,11-18H2,1-2H3/t23-/m0/s1. The van der Waals surface area contributed by atoms with Gasteiger partial charge in [0.05, 0.1) is 30.7 Å². The van der Waals surface area contributed by atoms with Gasteiger partial charge in [0.1, 0.15) is 12.4 Å². The lowest BCUT2D eigenvalue weighted by atomic mass is 10.0. The van der Waals surface area contributed by atoms with Crippen molar-refractivity contribution in [2.24, 2.45) is 12.1 Å². The van der Waals surface area contributed by atoms with Gasteiger partial charge in [-0.3, -0.25) is 14.5 Å². The lowest BCUT2D eigenvalue weighted by Crippen LogP contribution is -2.46. The molecule has 0 saturated carbocycles. The average molecular weight is 470 g/mol. The van der Waals surface area contributed by atoms with Crippen molar-refractivity contribution < 1.29 is 18.7 Å². The van der Waals surface area contributed by atoms with Crippen molar-refractivity contribution in [1.29, 1.82) is 0 Å². The number of carbonyl (C=O) groups excluding carboxylic acids is 2. The normalized spacial score (nSPS) is 18.7. The van der Waals surface area contributed by atoms with E-state index in [1.807, 2.05) is 29.9 Å². The van der Waals surface area contributed by atoms with Crippen molar-refractivity contribution in [1.82, 2.24) is 19.4 Å². The molecule has 2 aromatic rings. The van der Waals surface area contributed by atoms with Crippen LogP contribution in [0, 0.1) is 5.82 Å². The Kier molecular flexibility index (Phi) is 7.74. The first-order chi connectivity index (χ1) is 16.5. The minimum Gasteiger partial charge on any atom is -0.379 e. The fourth-order valence-electron chi connectivity index (χ4n) is 4.44. The van der Waals surface area contributed by atoms with Crippen LogP contribution >= 0.6 is 0 Å². The van der Waals surface area contributed by atoms with Gasteiger partial charge in [0, 0.05) is 52.3 Å². The molecular formula is C25H32FN5O3. The summed E-state index contributed by atoms with van der Waals surface area (Å²) in [5, 5.41) is 6.15. The Balaban J connectivity index is 1.53. The first kappa shape index (κ1) is 24.1. The maximum absolute atomic E-state index is 13.6. The number of aryl methyl sites for hydroxylation is 1. The molecule has 4 rings (SSSR count). The number of nitrogens with zero attached hydrogens (tertiary/aromatic N) is 5. The van der Waals surface area contributed by atoms with Crippen LogP contribution in [0.15, 0.2) is 47.7 Å². The molecule has 0 unspecified atom stereocenters. The zero-order valence-corrected chi connectivity index (χ0v) is 19.8. The molecule has 9 heteroatoms. The summed E-state index contributed by atoms with van der Waals surface area (Å²) in [6.45, 7) is 5.95. The number of morpholine rings is 1. The SMILES string of the molecule is CCC(=O)N(CCN1CCOCC1)CC(=O)N1N=C(c2cccn2C)C[C@H]1c1ccc(F)cc1. The summed E-state index contributed by atoms with van der Waals surface area (Å²) in [7, 11) is 1.93. The molecule has 2 aliphatic rings. The van der Waals surface area contributed by atoms with E-state index in [0.717, 1.165) is 30.1 Å². The molecule has 1 atom stereocenters. The minimum absolute atomic E-state index is 0.0430. The molecule has 34 heavy (non-hydrogen) atoms. The molecule has 0 N–H and O–H groups in total. The summed E-state index contributed by atoms with van der Waals surface area (Å²) in [6.07, 6.45) is 2.78. The highest BCUT2D eigenvalue weighted by molar-refractivity contribution is 6.02. The molecule has 0 bridgehead atoms. The highest BCUT2D eigenvalue weighted by Gasteiger charge is 2.35. The van der Waals surface area contributed by atoms with E-state index in [4.69, 9.17) is 4.74 Å². The monoisotopic (exact) mass is 469 g/mol. The largest absolute Gasteiger partial charge is 0.379 e. The molecule has 182 valence electrons. The van der Waals surface area contributed by atoms with Crippen LogP contribution in [0.25, 0.3) is 0 Å². The molecule has 1 fully saturated rings. The maximum Gasteiger partial charge on any atom is 0.262 e. The first-order valence-electron chi connectivity index (χ1n) is 11.8. The van der Waals surface area contributed by atoms with Gasteiger partial charge in [-0.05, 0) is 29.8 Å². The van der Waals surface area contributed by atoms with E-state index < -0.39 is 0 Å². The summed E-state index contributed by atoms with van der Waals surface area (Å²) in [5.74, 6) is -0.640. The average Bonchev–Trinajstić information content (AvgIpc) is 3.48. The van der Waals surface area contributed by atoms with Gasteiger partial charge in [-0.15, -0.1) is 0 Å². The second kappa shape index (κ2) is 10.9. The molecule has 0 radical (unpaired) electrons. The van der Waals surface area contributed by atoms with E-state index in [1.54, 1.807) is 24.0 Å². The number of amides is 2. The molecule has 0 spiro atoms. The van der Waals surface area contributed by atoms with Gasteiger partial charge in [-0.25, -0.2) is 9.40 Å². The molecule has 1 aromatic heterocycles. The summed E-state index contributed by atoms with van der Waals surface area (Å²) >= 11 is 0. The molecular weight excluding hydrogens is 437 g/mol. The van der Waals surface area contributed by atoms with Gasteiger partial charge in [0.25, 0.3) is 5.91 Å². The lowest BCUT2D eigenvalue weighted by molar-refractivity contribution is -0.141. The van der Waals surface area contributed by atoms with Crippen LogP contribution in [0.2, 0.25) is 0 Å². The Morgan fingerprint density at radius 3 is 2.56 bits per heavy atom. The van der Waals surface area contributed by atoms with Gasteiger partial charge >= 0.3 is 0 Å². The van der Waals surface area contributed by atoms with E-state index >= 15 is 0 Å². The van der Waals surface area contributed by atoms with Crippen molar-refractivity contribution in [3.05, 3.63) is 59.7 Å². The van der Waals surface area contributed by atoms with Crippen molar-refractivity contribution in [2.45, 2.75) is 25.8 Å². The van der Waals surface area contributed by atoms with Crippen LogP contribution in [0.4, 0.5) is 4.39 Å². The van der Waals surface area contributed by atoms with Crippen LogP contribution in [-0.2, 0) is 21.4 Å². The number of aromatic nitrogens is 1. The van der Waals surface area contributed by atoms with Crippen molar-refractivity contribution in [3.63, 3.8) is 0 Å². The second-order valence-electron chi connectivity index (χ2n) is 8.68. The maximum atomic E-state index is 13.6. The zero-order valence-electron chi connectivity index (χ0n) is 19.8. The zero-order chi connectivity index (χ0) is 24.1. The van der Waals surface area contributed by atoms with Crippen molar-refractivity contribution in [2.75, 3.05) is 45.9 Å². The summed E-state index contributed by atoms with van der Waals surface area (Å²) in [4.78, 5) is 30.0. The van der Waals surface area contributed by atoms with E-state index in [2.05, 4.69) is 10.0 Å². The van der Waals surface area contributed by atoms with Crippen molar-refractivity contribution >= 4 is 17.5 Å². The number of hydrogen-bond donors (Lipinski definition) is 0. The summed E-state index contributed by atoms with van der Waals surface area (Å²) in [6, 6.07) is 9.72. The van der Waals surface area contributed by atoms with Gasteiger partial charge in [0.15, 0.2) is 0 Å². The molecule has 1 saturated heterocycles. The number of hydrogen-bond acceptors (Lipinski definition) is 5. The van der Waals surface area contributed by atoms with Crippen LogP contribution in [0.3, 0.4) is 0 Å².